The highest BCUT2D eigenvalue weighted by atomic mass is 79.9. The van der Waals surface area contributed by atoms with E-state index in [1.807, 2.05) is 17.5 Å². The Balaban J connectivity index is 2.10. The van der Waals surface area contributed by atoms with E-state index in [1.165, 1.54) is 29.5 Å². The molecule has 0 fully saturated rings. The number of hydrogen-bond acceptors (Lipinski definition) is 3. The number of rotatable bonds is 3. The molecule has 1 aromatic carbocycles. The second-order valence-corrected chi connectivity index (χ2v) is 5.09. The van der Waals surface area contributed by atoms with Gasteiger partial charge in [-0.25, -0.2) is 4.39 Å². The Morgan fingerprint density at radius 1 is 1.41 bits per heavy atom. The number of nitrogens with zero attached hydrogens (tertiary/aromatic N) is 1. The smallest absolute Gasteiger partial charge is 0.166 e. The largest absolute Gasteiger partial charge is 0.485 e. The monoisotopic (exact) mass is 311 g/mol. The lowest BCUT2D eigenvalue weighted by Gasteiger charge is -2.06. The summed E-state index contributed by atoms with van der Waals surface area (Å²) in [5, 5.41) is 10.5. The lowest BCUT2D eigenvalue weighted by molar-refractivity contribution is 0.293. The summed E-state index contributed by atoms with van der Waals surface area (Å²) >= 11 is 4.91. The van der Waals surface area contributed by atoms with Gasteiger partial charge in [0.15, 0.2) is 11.6 Å². The minimum absolute atomic E-state index is 0.157. The molecule has 0 saturated heterocycles. The number of ether oxygens (including phenoxy) is 1. The van der Waals surface area contributed by atoms with Gasteiger partial charge < -0.3 is 4.74 Å². The van der Waals surface area contributed by atoms with Gasteiger partial charge in [0.05, 0.1) is 16.5 Å². The topological polar surface area (TPSA) is 33.0 Å². The SMILES string of the molecule is N#Cc1ccc(OCc2sccc2Br)c(F)c1. The third-order valence-corrected chi connectivity index (χ3v) is 4.01. The molecule has 0 unspecified atom stereocenters. The standard InChI is InChI=1S/C12H7BrFNOS/c13-9-3-4-17-12(9)7-16-11-2-1-8(6-15)5-10(11)14/h1-5H,7H2. The Hall–Kier alpha value is -1.38. The van der Waals surface area contributed by atoms with Crippen LogP contribution in [-0.4, -0.2) is 0 Å². The first-order valence-corrected chi connectivity index (χ1v) is 6.42. The molecule has 2 rings (SSSR count). The number of hydrogen-bond donors (Lipinski definition) is 0. The van der Waals surface area contributed by atoms with Crippen LogP contribution in [0.4, 0.5) is 4.39 Å². The first-order valence-electron chi connectivity index (χ1n) is 4.75. The van der Waals surface area contributed by atoms with Crippen LogP contribution < -0.4 is 4.74 Å². The van der Waals surface area contributed by atoms with E-state index in [0.717, 1.165) is 9.35 Å². The van der Waals surface area contributed by atoms with Gasteiger partial charge in [0.1, 0.15) is 6.61 Å². The highest BCUT2D eigenvalue weighted by molar-refractivity contribution is 9.10. The Morgan fingerprint density at radius 2 is 2.24 bits per heavy atom. The molecule has 0 N–H and O–H groups in total. The molecule has 0 radical (unpaired) electrons. The van der Waals surface area contributed by atoms with Crippen molar-refractivity contribution in [3.63, 3.8) is 0 Å². The molecular formula is C12H7BrFNOS. The molecule has 5 heteroatoms. The lowest BCUT2D eigenvalue weighted by Crippen LogP contribution is -1.96. The van der Waals surface area contributed by atoms with Gasteiger partial charge in [0, 0.05) is 4.47 Å². The summed E-state index contributed by atoms with van der Waals surface area (Å²) in [5.74, 6) is -0.360. The van der Waals surface area contributed by atoms with Crippen LogP contribution in [0.5, 0.6) is 5.75 Å². The zero-order valence-electron chi connectivity index (χ0n) is 8.61. The fourth-order valence-electron chi connectivity index (χ4n) is 1.26. The quantitative estimate of drug-likeness (QED) is 0.855. The number of benzene rings is 1. The zero-order chi connectivity index (χ0) is 12.3. The third kappa shape index (κ3) is 2.84. The predicted octanol–water partition coefficient (Wildman–Crippen LogP) is 4.10. The van der Waals surface area contributed by atoms with Gasteiger partial charge in [0.25, 0.3) is 0 Å². The van der Waals surface area contributed by atoms with Crippen LogP contribution in [0, 0.1) is 17.1 Å². The average molecular weight is 312 g/mol. The van der Waals surface area contributed by atoms with Crippen molar-refractivity contribution in [2.75, 3.05) is 0 Å². The molecule has 17 heavy (non-hydrogen) atoms. The van der Waals surface area contributed by atoms with Crippen LogP contribution in [0.3, 0.4) is 0 Å². The van der Waals surface area contributed by atoms with Gasteiger partial charge in [-0.2, -0.15) is 5.26 Å². The molecule has 0 aliphatic heterocycles. The molecular weight excluding hydrogens is 305 g/mol. The molecule has 0 spiro atoms. The van der Waals surface area contributed by atoms with Crippen molar-refractivity contribution in [3.8, 4) is 11.8 Å². The Bertz CT molecular complexity index is 576. The van der Waals surface area contributed by atoms with E-state index in [2.05, 4.69) is 15.9 Å². The maximum Gasteiger partial charge on any atom is 0.166 e. The summed E-state index contributed by atoms with van der Waals surface area (Å²) in [6.07, 6.45) is 0. The van der Waals surface area contributed by atoms with Crippen molar-refractivity contribution in [1.82, 2.24) is 0 Å². The normalized spacial score (nSPS) is 9.94. The van der Waals surface area contributed by atoms with Crippen LogP contribution in [0.15, 0.2) is 34.1 Å². The van der Waals surface area contributed by atoms with Crippen LogP contribution in [0.1, 0.15) is 10.4 Å². The number of nitriles is 1. The molecule has 0 aliphatic carbocycles. The molecule has 2 nitrogen and oxygen atoms in total. The highest BCUT2D eigenvalue weighted by Crippen LogP contribution is 2.25. The Kier molecular flexibility index (Phi) is 3.77. The minimum Gasteiger partial charge on any atom is -0.485 e. The van der Waals surface area contributed by atoms with Crippen LogP contribution >= 0.6 is 27.3 Å². The zero-order valence-corrected chi connectivity index (χ0v) is 11.0. The molecule has 0 bridgehead atoms. The average Bonchev–Trinajstić information content (AvgIpc) is 2.73. The molecule has 86 valence electrons. The summed E-state index contributed by atoms with van der Waals surface area (Å²) in [6, 6.07) is 7.95. The maximum absolute atomic E-state index is 13.5. The summed E-state index contributed by atoms with van der Waals surface area (Å²) in [7, 11) is 0. The van der Waals surface area contributed by atoms with E-state index in [-0.39, 0.29) is 11.3 Å². The molecule has 0 atom stereocenters. The van der Waals surface area contributed by atoms with Crippen molar-refractivity contribution >= 4 is 27.3 Å². The van der Waals surface area contributed by atoms with Crippen molar-refractivity contribution in [3.05, 3.63) is 50.4 Å². The van der Waals surface area contributed by atoms with E-state index in [1.54, 1.807) is 0 Å². The Morgan fingerprint density at radius 3 is 2.82 bits per heavy atom. The minimum atomic E-state index is -0.517. The second-order valence-electron chi connectivity index (χ2n) is 3.24. The van der Waals surface area contributed by atoms with Gasteiger partial charge in [-0.3, -0.25) is 0 Å². The summed E-state index contributed by atoms with van der Waals surface area (Å²) < 4.78 is 19.8. The number of thiophene rings is 1. The van der Waals surface area contributed by atoms with E-state index in [0.29, 0.717) is 6.61 Å². The predicted molar refractivity (Wildman–Crippen MR) is 67.5 cm³/mol. The first-order chi connectivity index (χ1) is 8.20. The molecule has 0 aliphatic rings. The van der Waals surface area contributed by atoms with E-state index in [4.69, 9.17) is 10.00 Å². The first kappa shape index (κ1) is 12.1. The third-order valence-electron chi connectivity index (χ3n) is 2.11. The summed E-state index contributed by atoms with van der Waals surface area (Å²) in [4.78, 5) is 0.994. The lowest BCUT2D eigenvalue weighted by atomic mass is 10.2. The maximum atomic E-state index is 13.5. The van der Waals surface area contributed by atoms with Gasteiger partial charge in [-0.15, -0.1) is 11.3 Å². The second kappa shape index (κ2) is 5.30. The number of halogens is 2. The summed E-state index contributed by atoms with van der Waals surface area (Å²) in [5.41, 5.74) is 0.284. The molecule has 0 saturated carbocycles. The Labute approximate surface area is 110 Å². The fourth-order valence-corrected chi connectivity index (χ4v) is 2.64. The van der Waals surface area contributed by atoms with Crippen LogP contribution in [-0.2, 0) is 6.61 Å². The fraction of sp³-hybridized carbons (Fsp3) is 0.0833. The molecule has 0 amide bonds. The van der Waals surface area contributed by atoms with E-state index >= 15 is 0 Å². The molecule has 2 aromatic rings. The van der Waals surface area contributed by atoms with Crippen molar-refractivity contribution < 1.29 is 9.13 Å². The van der Waals surface area contributed by atoms with Crippen molar-refractivity contribution in [2.24, 2.45) is 0 Å². The molecule has 1 heterocycles. The van der Waals surface area contributed by atoms with Crippen LogP contribution in [0.25, 0.3) is 0 Å². The van der Waals surface area contributed by atoms with Gasteiger partial charge >= 0.3 is 0 Å². The highest BCUT2D eigenvalue weighted by Gasteiger charge is 2.07. The van der Waals surface area contributed by atoms with E-state index in [9.17, 15) is 4.39 Å². The van der Waals surface area contributed by atoms with Crippen molar-refractivity contribution in [2.45, 2.75) is 6.61 Å². The van der Waals surface area contributed by atoms with E-state index < -0.39 is 5.82 Å². The van der Waals surface area contributed by atoms with Crippen LogP contribution in [0.2, 0.25) is 0 Å². The van der Waals surface area contributed by atoms with Crippen molar-refractivity contribution in [1.29, 1.82) is 5.26 Å². The molecule has 1 aromatic heterocycles. The summed E-state index contributed by atoms with van der Waals surface area (Å²) in [6.45, 7) is 0.307. The van der Waals surface area contributed by atoms with Gasteiger partial charge in [-0.1, -0.05) is 0 Å². The van der Waals surface area contributed by atoms with Gasteiger partial charge in [-0.05, 0) is 45.6 Å². The van der Waals surface area contributed by atoms with Gasteiger partial charge in [0.2, 0.25) is 0 Å².